The molecule has 3 heteroatoms. The molecule has 1 aromatic carbocycles. The first kappa shape index (κ1) is 12.7. The van der Waals surface area contributed by atoms with Gasteiger partial charge in [-0.05, 0) is 18.1 Å². The Balaban J connectivity index is 2.68. The number of nitrogens with one attached hydrogen (secondary N) is 1. The molecule has 0 aromatic heterocycles. The highest BCUT2D eigenvalue weighted by Gasteiger charge is 2.12. The molecule has 0 saturated carbocycles. The maximum absolute atomic E-state index is 11.2. The van der Waals surface area contributed by atoms with E-state index in [2.05, 4.69) is 5.32 Å². The van der Waals surface area contributed by atoms with Crippen molar-refractivity contribution >= 4 is 5.91 Å². The minimum Gasteiger partial charge on any atom is -0.375 e. The lowest BCUT2D eigenvalue weighted by Gasteiger charge is -2.18. The van der Waals surface area contributed by atoms with Gasteiger partial charge in [-0.25, -0.2) is 0 Å². The monoisotopic (exact) mass is 221 g/mol. The second-order valence-electron chi connectivity index (χ2n) is 3.74. The summed E-state index contributed by atoms with van der Waals surface area (Å²) >= 11 is 0. The number of rotatable bonds is 5. The second kappa shape index (κ2) is 6.28. The molecule has 0 heterocycles. The molecule has 0 saturated heterocycles. The molecule has 1 N–H and O–H groups in total. The van der Waals surface area contributed by atoms with E-state index in [1.54, 1.807) is 7.11 Å². The Morgan fingerprint density at radius 2 is 2.12 bits per heavy atom. The highest BCUT2D eigenvalue weighted by atomic mass is 16.5. The maximum atomic E-state index is 11.2. The molecule has 16 heavy (non-hydrogen) atoms. The van der Waals surface area contributed by atoms with Crippen LogP contribution in [0.2, 0.25) is 0 Å². The SMILES string of the molecule is CCC(=O)NCC(OC)c1ccccc1C. The van der Waals surface area contributed by atoms with Crippen molar-refractivity contribution < 1.29 is 9.53 Å². The third-order valence-electron chi connectivity index (χ3n) is 2.63. The third kappa shape index (κ3) is 3.35. The molecule has 0 aliphatic rings. The minimum atomic E-state index is -0.0725. The maximum Gasteiger partial charge on any atom is 0.219 e. The van der Waals surface area contributed by atoms with Crippen LogP contribution in [0.4, 0.5) is 0 Å². The lowest BCUT2D eigenvalue weighted by atomic mass is 10.0. The first-order chi connectivity index (χ1) is 7.69. The van der Waals surface area contributed by atoms with Crippen LogP contribution in [0.1, 0.15) is 30.6 Å². The molecule has 0 radical (unpaired) electrons. The highest BCUT2D eigenvalue weighted by molar-refractivity contribution is 5.75. The molecule has 1 atom stereocenters. The molecule has 0 aliphatic carbocycles. The average molecular weight is 221 g/mol. The molecule has 88 valence electrons. The summed E-state index contributed by atoms with van der Waals surface area (Å²) in [4.78, 5) is 11.2. The Labute approximate surface area is 96.8 Å². The Morgan fingerprint density at radius 3 is 2.69 bits per heavy atom. The van der Waals surface area contributed by atoms with Crippen molar-refractivity contribution in [2.75, 3.05) is 13.7 Å². The molecular formula is C13H19NO2. The van der Waals surface area contributed by atoms with Gasteiger partial charge < -0.3 is 10.1 Å². The van der Waals surface area contributed by atoms with Gasteiger partial charge in [0.1, 0.15) is 0 Å². The lowest BCUT2D eigenvalue weighted by Crippen LogP contribution is -2.28. The van der Waals surface area contributed by atoms with Gasteiger partial charge in [-0.15, -0.1) is 0 Å². The summed E-state index contributed by atoms with van der Waals surface area (Å²) in [5.41, 5.74) is 2.31. The van der Waals surface area contributed by atoms with Crippen molar-refractivity contribution in [1.82, 2.24) is 5.32 Å². The standard InChI is InChI=1S/C13H19NO2/c1-4-13(15)14-9-12(16-3)11-8-6-5-7-10(11)2/h5-8,12H,4,9H2,1-3H3,(H,14,15). The van der Waals surface area contributed by atoms with E-state index >= 15 is 0 Å². The van der Waals surface area contributed by atoms with Gasteiger partial charge in [0.15, 0.2) is 0 Å². The van der Waals surface area contributed by atoms with Gasteiger partial charge in [0.2, 0.25) is 5.91 Å². The summed E-state index contributed by atoms with van der Waals surface area (Å²) in [6.07, 6.45) is 0.432. The number of benzene rings is 1. The molecule has 3 nitrogen and oxygen atoms in total. The summed E-state index contributed by atoms with van der Waals surface area (Å²) in [6, 6.07) is 8.05. The van der Waals surface area contributed by atoms with Gasteiger partial charge in [0.05, 0.1) is 6.10 Å². The zero-order chi connectivity index (χ0) is 12.0. The van der Waals surface area contributed by atoms with Crippen molar-refractivity contribution in [1.29, 1.82) is 0 Å². The van der Waals surface area contributed by atoms with Crippen molar-refractivity contribution in [3.63, 3.8) is 0 Å². The Bertz CT molecular complexity index is 350. The molecule has 0 fully saturated rings. The van der Waals surface area contributed by atoms with Gasteiger partial charge in [-0.1, -0.05) is 31.2 Å². The smallest absolute Gasteiger partial charge is 0.219 e. The van der Waals surface area contributed by atoms with Crippen LogP contribution in [0.5, 0.6) is 0 Å². The van der Waals surface area contributed by atoms with Gasteiger partial charge in [0, 0.05) is 20.1 Å². The van der Waals surface area contributed by atoms with Crippen LogP contribution < -0.4 is 5.32 Å². The Kier molecular flexibility index (Phi) is 4.99. The molecule has 1 unspecified atom stereocenters. The Morgan fingerprint density at radius 1 is 1.44 bits per heavy atom. The van der Waals surface area contributed by atoms with Crippen LogP contribution in [0.25, 0.3) is 0 Å². The molecule has 1 rings (SSSR count). The summed E-state index contributed by atoms with van der Waals surface area (Å²) in [7, 11) is 1.66. The van der Waals surface area contributed by atoms with Crippen LogP contribution in [0.15, 0.2) is 24.3 Å². The first-order valence-electron chi connectivity index (χ1n) is 5.54. The van der Waals surface area contributed by atoms with Crippen LogP contribution in [0, 0.1) is 6.92 Å². The number of methoxy groups -OCH3 is 1. The van der Waals surface area contributed by atoms with Crippen molar-refractivity contribution in [3.8, 4) is 0 Å². The number of hydrogen-bond donors (Lipinski definition) is 1. The largest absolute Gasteiger partial charge is 0.375 e. The zero-order valence-corrected chi connectivity index (χ0v) is 10.1. The van der Waals surface area contributed by atoms with Gasteiger partial charge in [-0.3, -0.25) is 4.79 Å². The van der Waals surface area contributed by atoms with E-state index in [-0.39, 0.29) is 12.0 Å². The quantitative estimate of drug-likeness (QED) is 0.827. The number of ether oxygens (including phenoxy) is 1. The average Bonchev–Trinajstić information content (AvgIpc) is 2.31. The van der Waals surface area contributed by atoms with Crippen LogP contribution in [-0.4, -0.2) is 19.6 Å². The zero-order valence-electron chi connectivity index (χ0n) is 10.1. The molecule has 0 bridgehead atoms. The van der Waals surface area contributed by atoms with Crippen molar-refractivity contribution in [2.24, 2.45) is 0 Å². The fourth-order valence-corrected chi connectivity index (χ4v) is 1.60. The molecule has 0 aliphatic heterocycles. The second-order valence-corrected chi connectivity index (χ2v) is 3.74. The van der Waals surface area contributed by atoms with Crippen molar-refractivity contribution in [2.45, 2.75) is 26.4 Å². The molecule has 1 amide bonds. The van der Waals surface area contributed by atoms with Crippen LogP contribution in [0.3, 0.4) is 0 Å². The van der Waals surface area contributed by atoms with E-state index in [1.165, 1.54) is 5.56 Å². The van der Waals surface area contributed by atoms with E-state index in [9.17, 15) is 4.79 Å². The van der Waals surface area contributed by atoms with Crippen molar-refractivity contribution in [3.05, 3.63) is 35.4 Å². The fraction of sp³-hybridized carbons (Fsp3) is 0.462. The molecule has 0 spiro atoms. The number of amides is 1. The lowest BCUT2D eigenvalue weighted by molar-refractivity contribution is -0.121. The number of carbonyl (C=O) groups excluding carboxylic acids is 1. The van der Waals surface area contributed by atoms with Gasteiger partial charge in [-0.2, -0.15) is 0 Å². The normalized spacial score (nSPS) is 12.2. The topological polar surface area (TPSA) is 38.3 Å². The predicted octanol–water partition coefficient (Wildman–Crippen LogP) is 2.21. The predicted molar refractivity (Wildman–Crippen MR) is 64.2 cm³/mol. The van der Waals surface area contributed by atoms with Crippen LogP contribution >= 0.6 is 0 Å². The minimum absolute atomic E-state index is 0.0515. The summed E-state index contributed by atoms with van der Waals surface area (Å²) in [5.74, 6) is 0.0515. The van der Waals surface area contributed by atoms with Gasteiger partial charge in [0.25, 0.3) is 0 Å². The van der Waals surface area contributed by atoms with Crippen LogP contribution in [-0.2, 0) is 9.53 Å². The first-order valence-corrected chi connectivity index (χ1v) is 5.54. The Hall–Kier alpha value is -1.35. The van der Waals surface area contributed by atoms with E-state index < -0.39 is 0 Å². The fourth-order valence-electron chi connectivity index (χ4n) is 1.60. The van der Waals surface area contributed by atoms with E-state index in [4.69, 9.17) is 4.74 Å². The number of carbonyl (C=O) groups is 1. The summed E-state index contributed by atoms with van der Waals surface area (Å²) < 4.78 is 5.40. The van der Waals surface area contributed by atoms with E-state index in [0.29, 0.717) is 13.0 Å². The molecular weight excluding hydrogens is 202 g/mol. The highest BCUT2D eigenvalue weighted by Crippen LogP contribution is 2.19. The van der Waals surface area contributed by atoms with E-state index in [1.807, 2.05) is 38.1 Å². The van der Waals surface area contributed by atoms with Gasteiger partial charge >= 0.3 is 0 Å². The molecule has 1 aromatic rings. The van der Waals surface area contributed by atoms with E-state index in [0.717, 1.165) is 5.56 Å². The number of aryl methyl sites for hydroxylation is 1. The number of hydrogen-bond acceptors (Lipinski definition) is 2. The third-order valence-corrected chi connectivity index (χ3v) is 2.63. The summed E-state index contributed by atoms with van der Waals surface area (Å²) in [6.45, 7) is 4.40. The summed E-state index contributed by atoms with van der Waals surface area (Å²) in [5, 5.41) is 2.85.